The molecule has 2 aromatic rings. The number of likely N-dealkylation sites (N-methyl/N-ethyl adjacent to an activating group) is 1. The Bertz CT molecular complexity index is 835. The molecule has 26 heavy (non-hydrogen) atoms. The number of aromatic nitrogens is 4. The molecule has 0 radical (unpaired) electrons. The molecular weight excluding hydrogens is 332 g/mol. The highest BCUT2D eigenvalue weighted by Crippen LogP contribution is 2.42. The number of hydrogen-bond donors (Lipinski definition) is 0. The van der Waals surface area contributed by atoms with Gasteiger partial charge in [-0.3, -0.25) is 14.4 Å². The summed E-state index contributed by atoms with van der Waals surface area (Å²) in [6.07, 6.45) is 6.32. The Hall–Kier alpha value is -2.22. The fourth-order valence-electron chi connectivity index (χ4n) is 3.84. The molecule has 1 atom stereocenters. The van der Waals surface area contributed by atoms with Crippen LogP contribution in [0.1, 0.15) is 71.3 Å². The first-order valence-electron chi connectivity index (χ1n) is 9.46. The summed E-state index contributed by atoms with van der Waals surface area (Å²) < 4.78 is 7.39. The van der Waals surface area contributed by atoms with Crippen molar-refractivity contribution < 1.29 is 9.32 Å². The lowest BCUT2D eigenvalue weighted by molar-refractivity contribution is 0.0488. The maximum Gasteiger partial charge on any atom is 0.257 e. The van der Waals surface area contributed by atoms with Crippen LogP contribution in [0.3, 0.4) is 0 Å². The summed E-state index contributed by atoms with van der Waals surface area (Å²) in [7, 11) is 3.97. The summed E-state index contributed by atoms with van der Waals surface area (Å²) in [5.74, 6) is 2.47. The van der Waals surface area contributed by atoms with E-state index in [9.17, 15) is 4.79 Å². The standard InChI is InChI=1S/C18H24N6O2/c1-22-7-8-24(10-14(22)17-20-16(21-26-17)12-5-6-12)18(25)13-9-19-23(2)15(13)11-3-4-11/h9,11-12,14H,3-8,10H2,1-2H3/t14-/m1/s1. The zero-order valence-electron chi connectivity index (χ0n) is 15.3. The van der Waals surface area contributed by atoms with E-state index in [4.69, 9.17) is 4.52 Å². The van der Waals surface area contributed by atoms with Crippen molar-refractivity contribution >= 4 is 5.91 Å². The van der Waals surface area contributed by atoms with Gasteiger partial charge in [0.15, 0.2) is 5.82 Å². The van der Waals surface area contributed by atoms with Crippen LogP contribution in [-0.2, 0) is 7.05 Å². The first kappa shape index (κ1) is 16.0. The lowest BCUT2D eigenvalue weighted by atomic mass is 10.1. The first-order chi connectivity index (χ1) is 12.6. The lowest BCUT2D eigenvalue weighted by Crippen LogP contribution is -2.49. The lowest BCUT2D eigenvalue weighted by Gasteiger charge is -2.37. The quantitative estimate of drug-likeness (QED) is 0.829. The van der Waals surface area contributed by atoms with Gasteiger partial charge in [-0.15, -0.1) is 0 Å². The molecule has 2 aromatic heterocycles. The van der Waals surface area contributed by atoms with Crippen molar-refractivity contribution in [2.45, 2.75) is 43.6 Å². The number of aryl methyl sites for hydroxylation is 1. The molecule has 1 aliphatic heterocycles. The van der Waals surface area contributed by atoms with Gasteiger partial charge in [0.1, 0.15) is 6.04 Å². The molecule has 2 saturated carbocycles. The SMILES string of the molecule is CN1CCN(C(=O)c2cnn(C)c2C2CC2)C[C@@H]1c1nc(C2CC2)no1. The van der Waals surface area contributed by atoms with Gasteiger partial charge < -0.3 is 9.42 Å². The molecule has 2 aliphatic carbocycles. The van der Waals surface area contributed by atoms with E-state index in [1.807, 2.05) is 23.7 Å². The van der Waals surface area contributed by atoms with Gasteiger partial charge in [-0.2, -0.15) is 10.1 Å². The molecule has 0 bridgehead atoms. The fraction of sp³-hybridized carbons (Fsp3) is 0.667. The molecule has 1 saturated heterocycles. The molecule has 8 nitrogen and oxygen atoms in total. The predicted octanol–water partition coefficient (Wildman–Crippen LogP) is 1.69. The summed E-state index contributed by atoms with van der Waals surface area (Å²) in [5, 5.41) is 8.47. The van der Waals surface area contributed by atoms with Gasteiger partial charge in [-0.1, -0.05) is 5.16 Å². The second-order valence-corrected chi connectivity index (χ2v) is 7.85. The molecule has 0 unspecified atom stereocenters. The number of carbonyl (C=O) groups excluding carboxylic acids is 1. The van der Waals surface area contributed by atoms with Gasteiger partial charge in [0, 0.05) is 38.5 Å². The van der Waals surface area contributed by atoms with Gasteiger partial charge >= 0.3 is 0 Å². The maximum absolute atomic E-state index is 13.2. The maximum atomic E-state index is 13.2. The van der Waals surface area contributed by atoms with Crippen LogP contribution >= 0.6 is 0 Å². The van der Waals surface area contributed by atoms with Crippen LogP contribution in [0.2, 0.25) is 0 Å². The molecule has 3 heterocycles. The molecule has 0 aromatic carbocycles. The van der Waals surface area contributed by atoms with Crippen LogP contribution in [0.5, 0.6) is 0 Å². The second kappa shape index (κ2) is 5.90. The molecule has 0 N–H and O–H groups in total. The van der Waals surface area contributed by atoms with Crippen LogP contribution in [0.4, 0.5) is 0 Å². The Kier molecular flexibility index (Phi) is 3.63. The molecule has 3 fully saturated rings. The number of nitrogens with zero attached hydrogens (tertiary/aromatic N) is 6. The third-order valence-corrected chi connectivity index (χ3v) is 5.80. The predicted molar refractivity (Wildman–Crippen MR) is 92.7 cm³/mol. The zero-order chi connectivity index (χ0) is 17.8. The Labute approximate surface area is 152 Å². The van der Waals surface area contributed by atoms with Crippen molar-refractivity contribution in [3.63, 3.8) is 0 Å². The number of hydrogen-bond acceptors (Lipinski definition) is 6. The summed E-state index contributed by atoms with van der Waals surface area (Å²) >= 11 is 0. The van der Waals surface area contributed by atoms with Gasteiger partial charge in [-0.25, -0.2) is 0 Å². The van der Waals surface area contributed by atoms with Crippen molar-refractivity contribution in [3.8, 4) is 0 Å². The normalized spacial score (nSPS) is 24.2. The topological polar surface area (TPSA) is 80.3 Å². The van der Waals surface area contributed by atoms with Gasteiger partial charge in [0.25, 0.3) is 5.91 Å². The summed E-state index contributed by atoms with van der Waals surface area (Å²) in [6.45, 7) is 2.06. The number of piperazine rings is 1. The van der Waals surface area contributed by atoms with E-state index in [0.29, 0.717) is 30.8 Å². The van der Waals surface area contributed by atoms with Crippen molar-refractivity contribution in [1.29, 1.82) is 0 Å². The van der Waals surface area contributed by atoms with Crippen molar-refractivity contribution in [1.82, 2.24) is 29.7 Å². The molecule has 8 heteroatoms. The van der Waals surface area contributed by atoms with E-state index in [-0.39, 0.29) is 11.9 Å². The number of rotatable bonds is 4. The van der Waals surface area contributed by atoms with Crippen LogP contribution in [-0.4, -0.2) is 62.3 Å². The zero-order valence-corrected chi connectivity index (χ0v) is 15.3. The van der Waals surface area contributed by atoms with Gasteiger partial charge in [0.2, 0.25) is 5.89 Å². The highest BCUT2D eigenvalue weighted by atomic mass is 16.5. The number of carbonyl (C=O) groups is 1. The molecule has 5 rings (SSSR count). The summed E-state index contributed by atoms with van der Waals surface area (Å²) in [6, 6.07) is -0.0475. The highest BCUT2D eigenvalue weighted by Gasteiger charge is 2.37. The van der Waals surface area contributed by atoms with E-state index in [0.717, 1.165) is 49.3 Å². The van der Waals surface area contributed by atoms with Crippen molar-refractivity contribution in [3.05, 3.63) is 29.2 Å². The molecule has 138 valence electrons. The number of amides is 1. The van der Waals surface area contributed by atoms with E-state index in [1.165, 1.54) is 0 Å². The Morgan fingerprint density at radius 2 is 1.92 bits per heavy atom. The molecular formula is C18H24N6O2. The van der Waals surface area contributed by atoms with Crippen LogP contribution in [0.15, 0.2) is 10.7 Å². The smallest absolute Gasteiger partial charge is 0.257 e. The average molecular weight is 356 g/mol. The second-order valence-electron chi connectivity index (χ2n) is 7.85. The van der Waals surface area contributed by atoms with E-state index in [2.05, 4.69) is 20.1 Å². The first-order valence-corrected chi connectivity index (χ1v) is 9.46. The molecule has 3 aliphatic rings. The van der Waals surface area contributed by atoms with Crippen molar-refractivity contribution in [2.24, 2.45) is 7.05 Å². The van der Waals surface area contributed by atoms with E-state index in [1.54, 1.807) is 6.20 Å². The minimum atomic E-state index is -0.0475. The van der Waals surface area contributed by atoms with Crippen LogP contribution in [0, 0.1) is 0 Å². The third-order valence-electron chi connectivity index (χ3n) is 5.80. The summed E-state index contributed by atoms with van der Waals surface area (Å²) in [5.41, 5.74) is 1.83. The third kappa shape index (κ3) is 2.72. The average Bonchev–Trinajstić information content (AvgIpc) is 3.57. The van der Waals surface area contributed by atoms with Gasteiger partial charge in [0.05, 0.1) is 17.5 Å². The monoisotopic (exact) mass is 356 g/mol. The Balaban J connectivity index is 1.37. The van der Waals surface area contributed by atoms with Crippen molar-refractivity contribution in [2.75, 3.05) is 26.7 Å². The minimum absolute atomic E-state index is 0.0475. The van der Waals surface area contributed by atoms with E-state index < -0.39 is 0 Å². The van der Waals surface area contributed by atoms with Crippen LogP contribution in [0.25, 0.3) is 0 Å². The fourth-order valence-corrected chi connectivity index (χ4v) is 3.84. The summed E-state index contributed by atoms with van der Waals surface area (Å²) in [4.78, 5) is 21.9. The largest absolute Gasteiger partial charge is 0.338 e. The minimum Gasteiger partial charge on any atom is -0.338 e. The Morgan fingerprint density at radius 1 is 1.15 bits per heavy atom. The van der Waals surface area contributed by atoms with Crippen LogP contribution < -0.4 is 0 Å². The molecule has 1 amide bonds. The highest BCUT2D eigenvalue weighted by molar-refractivity contribution is 5.95. The van der Waals surface area contributed by atoms with E-state index >= 15 is 0 Å². The van der Waals surface area contributed by atoms with Gasteiger partial charge in [-0.05, 0) is 32.7 Å². The molecule has 0 spiro atoms. The Morgan fingerprint density at radius 3 is 2.65 bits per heavy atom.